The summed E-state index contributed by atoms with van der Waals surface area (Å²) in [6.45, 7) is 2.58. The monoisotopic (exact) mass is 209 g/mol. The van der Waals surface area contributed by atoms with Gasteiger partial charge < -0.3 is 10.0 Å². The van der Waals surface area contributed by atoms with Crippen LogP contribution in [0.15, 0.2) is 0 Å². The summed E-state index contributed by atoms with van der Waals surface area (Å²) in [5.74, 6) is 1.26. The molecule has 3 aliphatic rings. The largest absolute Gasteiger partial charge is 0.392 e. The van der Waals surface area contributed by atoms with Crippen molar-refractivity contribution in [1.29, 1.82) is 0 Å². The highest BCUT2D eigenvalue weighted by molar-refractivity contribution is 4.97. The van der Waals surface area contributed by atoms with Gasteiger partial charge in [-0.1, -0.05) is 6.42 Å². The highest BCUT2D eigenvalue weighted by atomic mass is 16.3. The molecule has 2 saturated carbocycles. The van der Waals surface area contributed by atoms with E-state index in [1.54, 1.807) is 0 Å². The Balaban J connectivity index is 1.69. The number of fused-ring (bicyclic) bond motifs is 2. The fraction of sp³-hybridized carbons (Fsp3) is 1.00. The van der Waals surface area contributed by atoms with Gasteiger partial charge in [-0.05, 0) is 57.5 Å². The van der Waals surface area contributed by atoms with E-state index in [-0.39, 0.29) is 6.10 Å². The van der Waals surface area contributed by atoms with Crippen LogP contribution in [0.25, 0.3) is 0 Å². The Kier molecular flexibility index (Phi) is 2.73. The Hall–Kier alpha value is -0.0800. The van der Waals surface area contributed by atoms with Gasteiger partial charge in [0.05, 0.1) is 6.10 Å². The summed E-state index contributed by atoms with van der Waals surface area (Å²) >= 11 is 0. The molecule has 86 valence electrons. The third-order valence-corrected chi connectivity index (χ3v) is 4.98. The van der Waals surface area contributed by atoms with Crippen LogP contribution in [-0.4, -0.2) is 35.2 Å². The number of piperidine rings is 1. The topological polar surface area (TPSA) is 23.5 Å². The molecule has 1 saturated heterocycles. The Labute approximate surface area is 92.7 Å². The molecule has 0 amide bonds. The first-order chi connectivity index (χ1) is 7.36. The number of aliphatic hydroxyl groups excluding tert-OH is 1. The summed E-state index contributed by atoms with van der Waals surface area (Å²) in [4.78, 5) is 2.68. The number of nitrogens with zero attached hydrogens (tertiary/aromatic N) is 1. The van der Waals surface area contributed by atoms with Gasteiger partial charge >= 0.3 is 0 Å². The van der Waals surface area contributed by atoms with Crippen molar-refractivity contribution in [1.82, 2.24) is 4.90 Å². The smallest absolute Gasteiger partial charge is 0.0611 e. The molecule has 0 radical (unpaired) electrons. The van der Waals surface area contributed by atoms with Gasteiger partial charge in [0.15, 0.2) is 0 Å². The van der Waals surface area contributed by atoms with Crippen molar-refractivity contribution in [2.45, 2.75) is 57.1 Å². The molecule has 0 aromatic rings. The molecule has 0 aromatic heterocycles. The van der Waals surface area contributed by atoms with E-state index in [1.165, 1.54) is 58.0 Å². The minimum absolute atomic E-state index is 0.0330. The van der Waals surface area contributed by atoms with Crippen LogP contribution in [0, 0.1) is 11.8 Å². The van der Waals surface area contributed by atoms with Gasteiger partial charge in [0.2, 0.25) is 0 Å². The van der Waals surface area contributed by atoms with E-state index in [4.69, 9.17) is 0 Å². The number of aliphatic hydroxyl groups is 1. The molecular weight excluding hydrogens is 186 g/mol. The zero-order valence-corrected chi connectivity index (χ0v) is 9.57. The molecule has 2 nitrogen and oxygen atoms in total. The number of hydrogen-bond donors (Lipinski definition) is 1. The van der Waals surface area contributed by atoms with Gasteiger partial charge in [0.25, 0.3) is 0 Å². The number of rotatable bonds is 1. The predicted molar refractivity (Wildman–Crippen MR) is 60.7 cm³/mol. The first-order valence-corrected chi connectivity index (χ1v) is 6.78. The van der Waals surface area contributed by atoms with Crippen LogP contribution < -0.4 is 0 Å². The number of likely N-dealkylation sites (tertiary alicyclic amines) is 1. The summed E-state index contributed by atoms with van der Waals surface area (Å²) in [7, 11) is 0. The average Bonchev–Trinajstić information content (AvgIpc) is 2.54. The third kappa shape index (κ3) is 1.72. The molecule has 3 rings (SSSR count). The molecule has 0 spiro atoms. The second-order valence-electron chi connectivity index (χ2n) is 5.73. The first-order valence-electron chi connectivity index (χ1n) is 6.78. The lowest BCUT2D eigenvalue weighted by Gasteiger charge is -2.42. The van der Waals surface area contributed by atoms with E-state index < -0.39 is 0 Å². The molecule has 0 aromatic carbocycles. The Bertz CT molecular complexity index is 225. The molecule has 4 atom stereocenters. The van der Waals surface area contributed by atoms with Crippen molar-refractivity contribution in [3.05, 3.63) is 0 Å². The Morgan fingerprint density at radius 3 is 2.40 bits per heavy atom. The van der Waals surface area contributed by atoms with Crippen molar-refractivity contribution >= 4 is 0 Å². The van der Waals surface area contributed by atoms with Crippen molar-refractivity contribution in [2.75, 3.05) is 13.1 Å². The normalized spacial score (nSPS) is 47.0. The highest BCUT2D eigenvalue weighted by Gasteiger charge is 2.45. The molecule has 2 heteroatoms. The quantitative estimate of drug-likeness (QED) is 0.714. The van der Waals surface area contributed by atoms with Gasteiger partial charge in [-0.15, -0.1) is 0 Å². The molecule has 15 heavy (non-hydrogen) atoms. The minimum atomic E-state index is 0.0330. The van der Waals surface area contributed by atoms with Gasteiger partial charge in [-0.25, -0.2) is 0 Å². The van der Waals surface area contributed by atoms with E-state index >= 15 is 0 Å². The van der Waals surface area contributed by atoms with Gasteiger partial charge in [-0.2, -0.15) is 0 Å². The standard InChI is InChI=1S/C13H23NO/c15-13-10-4-6-11(13)12(7-5-10)14-8-2-1-3-9-14/h10-13,15H,1-9H2/t10-,11+,12+,13+/m0/s1. The summed E-state index contributed by atoms with van der Waals surface area (Å²) in [6, 6.07) is 0.721. The molecular formula is C13H23NO. The highest BCUT2D eigenvalue weighted by Crippen LogP contribution is 2.44. The maximum atomic E-state index is 10.2. The fourth-order valence-electron chi connectivity index (χ4n) is 4.14. The lowest BCUT2D eigenvalue weighted by molar-refractivity contribution is -0.00651. The van der Waals surface area contributed by atoms with E-state index in [0.29, 0.717) is 11.8 Å². The van der Waals surface area contributed by atoms with Crippen LogP contribution in [-0.2, 0) is 0 Å². The SMILES string of the molecule is O[C@@H]1[C@H]2CC[C@@H]1[C@H](N1CCCCC1)CC2. The molecule has 1 N–H and O–H groups in total. The Morgan fingerprint density at radius 2 is 1.60 bits per heavy atom. The second kappa shape index (κ2) is 4.06. The van der Waals surface area contributed by atoms with E-state index in [9.17, 15) is 5.11 Å². The maximum Gasteiger partial charge on any atom is 0.0611 e. The van der Waals surface area contributed by atoms with Gasteiger partial charge in [0, 0.05) is 12.0 Å². The summed E-state index contributed by atoms with van der Waals surface area (Å²) in [5.41, 5.74) is 0. The van der Waals surface area contributed by atoms with Crippen LogP contribution >= 0.6 is 0 Å². The molecule has 3 fully saturated rings. The van der Waals surface area contributed by atoms with Crippen molar-refractivity contribution < 1.29 is 5.11 Å². The van der Waals surface area contributed by atoms with E-state index in [2.05, 4.69) is 4.90 Å². The van der Waals surface area contributed by atoms with Crippen LogP contribution in [0.4, 0.5) is 0 Å². The number of hydrogen-bond acceptors (Lipinski definition) is 2. The molecule has 1 heterocycles. The lowest BCUT2D eigenvalue weighted by Crippen LogP contribution is -2.48. The van der Waals surface area contributed by atoms with Gasteiger partial charge in [0.1, 0.15) is 0 Å². The predicted octanol–water partition coefficient (Wildman–Crippen LogP) is 2.02. The molecule has 1 aliphatic heterocycles. The maximum absolute atomic E-state index is 10.2. The van der Waals surface area contributed by atoms with Crippen molar-refractivity contribution in [2.24, 2.45) is 11.8 Å². The zero-order chi connectivity index (χ0) is 10.3. The third-order valence-electron chi connectivity index (χ3n) is 4.98. The Morgan fingerprint density at radius 1 is 0.867 bits per heavy atom. The van der Waals surface area contributed by atoms with Crippen molar-refractivity contribution in [3.63, 3.8) is 0 Å². The first kappa shape index (κ1) is 10.1. The second-order valence-corrected chi connectivity index (χ2v) is 5.73. The minimum Gasteiger partial charge on any atom is -0.392 e. The summed E-state index contributed by atoms with van der Waals surface area (Å²) in [6.07, 6.45) is 9.41. The van der Waals surface area contributed by atoms with Crippen LogP contribution in [0.3, 0.4) is 0 Å². The van der Waals surface area contributed by atoms with Crippen LogP contribution in [0.1, 0.15) is 44.9 Å². The zero-order valence-electron chi connectivity index (χ0n) is 9.57. The average molecular weight is 209 g/mol. The van der Waals surface area contributed by atoms with Crippen LogP contribution in [0.5, 0.6) is 0 Å². The van der Waals surface area contributed by atoms with E-state index in [1.807, 2.05) is 0 Å². The van der Waals surface area contributed by atoms with E-state index in [0.717, 1.165) is 6.04 Å². The molecule has 2 bridgehead atoms. The van der Waals surface area contributed by atoms with Gasteiger partial charge in [-0.3, -0.25) is 0 Å². The van der Waals surface area contributed by atoms with Crippen LogP contribution in [0.2, 0.25) is 0 Å². The molecule has 2 aliphatic carbocycles. The fourth-order valence-corrected chi connectivity index (χ4v) is 4.14. The molecule has 0 unspecified atom stereocenters. The summed E-state index contributed by atoms with van der Waals surface area (Å²) in [5, 5.41) is 10.2. The summed E-state index contributed by atoms with van der Waals surface area (Å²) < 4.78 is 0. The van der Waals surface area contributed by atoms with Crippen molar-refractivity contribution in [3.8, 4) is 0 Å². The lowest BCUT2D eigenvalue weighted by atomic mass is 9.81.